The first-order valence-electron chi connectivity index (χ1n) is 8.63. The lowest BCUT2D eigenvalue weighted by Gasteiger charge is -2.29. The van der Waals surface area contributed by atoms with E-state index in [1.165, 1.54) is 11.3 Å². The van der Waals surface area contributed by atoms with Crippen molar-refractivity contribution in [3.05, 3.63) is 52.2 Å². The Morgan fingerprint density at radius 2 is 1.93 bits per heavy atom. The molecular weight excluding hydrogens is 362 g/mol. The molecule has 1 aromatic carbocycles. The summed E-state index contributed by atoms with van der Waals surface area (Å²) in [6.07, 6.45) is 3.04. The number of thiophene rings is 1. The van der Waals surface area contributed by atoms with Gasteiger partial charge >= 0.3 is 0 Å². The third-order valence-corrected chi connectivity index (χ3v) is 5.55. The number of carbonyl (C=O) groups is 2. The number of nitrogens with zero attached hydrogens (tertiary/aromatic N) is 2. The molecule has 0 aliphatic carbocycles. The number of amides is 2. The number of piperidine rings is 1. The number of fused-ring (bicyclic) bond motifs is 2. The number of guanidine groups is 1. The number of carbonyl (C=O) groups excluding carboxylic acids is 2. The van der Waals surface area contributed by atoms with E-state index in [1.54, 1.807) is 27.3 Å². The molecule has 0 radical (unpaired) electrons. The molecule has 0 bridgehead atoms. The highest BCUT2D eigenvalue weighted by atomic mass is 32.1. The molecule has 1 saturated heterocycles. The first kappa shape index (κ1) is 17.3. The van der Waals surface area contributed by atoms with Crippen LogP contribution in [0.15, 0.2) is 46.7 Å². The van der Waals surface area contributed by atoms with Gasteiger partial charge in [-0.25, -0.2) is 0 Å². The molecule has 1 aromatic heterocycles. The van der Waals surface area contributed by atoms with Crippen molar-refractivity contribution in [3.63, 3.8) is 0 Å². The predicted molar refractivity (Wildman–Crippen MR) is 107 cm³/mol. The third-order valence-electron chi connectivity index (χ3n) is 4.81. The molecule has 4 N–H and O–H groups in total. The van der Waals surface area contributed by atoms with E-state index in [9.17, 15) is 9.59 Å². The van der Waals surface area contributed by atoms with Crippen LogP contribution in [-0.4, -0.2) is 35.8 Å². The molecule has 7 nitrogen and oxygen atoms in total. The fourth-order valence-electron chi connectivity index (χ4n) is 3.38. The van der Waals surface area contributed by atoms with Crippen LogP contribution in [-0.2, 0) is 4.79 Å². The Morgan fingerprint density at radius 1 is 1.19 bits per heavy atom. The van der Waals surface area contributed by atoms with Crippen molar-refractivity contribution >= 4 is 46.2 Å². The molecular formula is C19H19N5O2S. The van der Waals surface area contributed by atoms with Gasteiger partial charge in [-0.05, 0) is 25.0 Å². The average molecular weight is 381 g/mol. The fraction of sp³-hybridized carbons (Fsp3) is 0.211. The Kier molecular flexibility index (Phi) is 4.41. The van der Waals surface area contributed by atoms with Crippen LogP contribution in [0.25, 0.3) is 0 Å². The molecule has 27 heavy (non-hydrogen) atoms. The normalized spacial score (nSPS) is 16.1. The van der Waals surface area contributed by atoms with Gasteiger partial charge in [-0.2, -0.15) is 0 Å². The van der Waals surface area contributed by atoms with Crippen LogP contribution in [0.5, 0.6) is 0 Å². The summed E-state index contributed by atoms with van der Waals surface area (Å²) in [7, 11) is 0. The van der Waals surface area contributed by atoms with Crippen LogP contribution in [0.3, 0.4) is 0 Å². The number of nitrogens with one attached hydrogen (secondary N) is 2. The highest BCUT2D eigenvalue weighted by Gasteiger charge is 2.29. The second-order valence-electron chi connectivity index (χ2n) is 6.49. The standard InChI is InChI=1S/C19H19N5O2S/c20-19(21)23-7-5-12(6-8-23)9-17(25)24-15-4-2-1-3-14(15)22-18(26)13-10-27-11-16(13)24/h1-4,9-11H,5-8H2,(H3,20,21)(H,22,26). The lowest BCUT2D eigenvalue weighted by atomic mass is 10.0. The predicted octanol–water partition coefficient (Wildman–Crippen LogP) is 2.89. The molecule has 0 spiro atoms. The summed E-state index contributed by atoms with van der Waals surface area (Å²) >= 11 is 1.39. The van der Waals surface area contributed by atoms with Gasteiger partial charge in [0.25, 0.3) is 11.8 Å². The van der Waals surface area contributed by atoms with Crippen molar-refractivity contribution in [2.24, 2.45) is 5.73 Å². The van der Waals surface area contributed by atoms with E-state index in [0.29, 0.717) is 48.6 Å². The minimum atomic E-state index is -0.212. The van der Waals surface area contributed by atoms with Gasteiger partial charge in [0, 0.05) is 29.9 Å². The summed E-state index contributed by atoms with van der Waals surface area (Å²) in [5, 5.41) is 14.0. The van der Waals surface area contributed by atoms with Crippen LogP contribution < -0.4 is 16.0 Å². The zero-order chi connectivity index (χ0) is 19.0. The van der Waals surface area contributed by atoms with E-state index in [-0.39, 0.29) is 17.8 Å². The van der Waals surface area contributed by atoms with Crippen molar-refractivity contribution in [2.45, 2.75) is 12.8 Å². The van der Waals surface area contributed by atoms with Gasteiger partial charge in [-0.1, -0.05) is 17.7 Å². The zero-order valence-corrected chi connectivity index (χ0v) is 15.4. The van der Waals surface area contributed by atoms with E-state index in [0.717, 1.165) is 5.57 Å². The number of hydrogen-bond acceptors (Lipinski definition) is 4. The highest BCUT2D eigenvalue weighted by Crippen LogP contribution is 2.39. The molecule has 0 saturated carbocycles. The molecule has 4 rings (SSSR count). The zero-order valence-electron chi connectivity index (χ0n) is 14.6. The number of likely N-dealkylation sites (tertiary alicyclic amines) is 1. The van der Waals surface area contributed by atoms with Gasteiger partial charge in [-0.15, -0.1) is 11.3 Å². The van der Waals surface area contributed by atoms with E-state index in [2.05, 4.69) is 5.32 Å². The second kappa shape index (κ2) is 6.88. The van der Waals surface area contributed by atoms with E-state index in [1.807, 2.05) is 23.6 Å². The SMILES string of the molecule is N=C(N)N1CCC(=CC(=O)N2c3ccccc3NC(=O)c3cscc32)CC1. The molecule has 0 unspecified atom stereocenters. The molecule has 1 fully saturated rings. The summed E-state index contributed by atoms with van der Waals surface area (Å²) < 4.78 is 0. The first-order valence-corrected chi connectivity index (χ1v) is 9.58. The summed E-state index contributed by atoms with van der Waals surface area (Å²) in [6.45, 7) is 1.27. The van der Waals surface area contributed by atoms with Crippen molar-refractivity contribution in [2.75, 3.05) is 23.3 Å². The Bertz CT molecular complexity index is 955. The molecule has 3 heterocycles. The van der Waals surface area contributed by atoms with Crippen LogP contribution in [0.4, 0.5) is 17.1 Å². The lowest BCUT2D eigenvalue weighted by Crippen LogP contribution is -2.40. The molecule has 2 amide bonds. The summed E-state index contributed by atoms with van der Waals surface area (Å²) in [5.41, 5.74) is 8.92. The monoisotopic (exact) mass is 381 g/mol. The number of rotatable bonds is 1. The smallest absolute Gasteiger partial charge is 0.258 e. The Labute approximate surface area is 160 Å². The van der Waals surface area contributed by atoms with Crippen LogP contribution in [0.2, 0.25) is 0 Å². The molecule has 2 aliphatic rings. The third kappa shape index (κ3) is 3.19. The number of hydrogen-bond donors (Lipinski definition) is 3. The maximum atomic E-state index is 13.2. The maximum absolute atomic E-state index is 13.2. The van der Waals surface area contributed by atoms with Gasteiger partial charge in [0.15, 0.2) is 5.96 Å². The van der Waals surface area contributed by atoms with Gasteiger partial charge in [-0.3, -0.25) is 19.9 Å². The summed E-state index contributed by atoms with van der Waals surface area (Å²) in [6, 6.07) is 7.30. The van der Waals surface area contributed by atoms with Crippen LogP contribution >= 0.6 is 11.3 Å². The van der Waals surface area contributed by atoms with Crippen molar-refractivity contribution in [3.8, 4) is 0 Å². The minimum absolute atomic E-state index is 0.0642. The summed E-state index contributed by atoms with van der Waals surface area (Å²) in [5.74, 6) is -0.324. The topological polar surface area (TPSA) is 103 Å². The maximum Gasteiger partial charge on any atom is 0.258 e. The fourth-order valence-corrected chi connectivity index (χ4v) is 4.18. The number of nitrogens with two attached hydrogens (primary N) is 1. The molecule has 8 heteroatoms. The molecule has 2 aliphatic heterocycles. The second-order valence-corrected chi connectivity index (χ2v) is 7.23. The van der Waals surface area contributed by atoms with Gasteiger partial charge in [0.1, 0.15) is 0 Å². The molecule has 0 atom stereocenters. The van der Waals surface area contributed by atoms with E-state index in [4.69, 9.17) is 11.1 Å². The molecule has 138 valence electrons. The highest BCUT2D eigenvalue weighted by molar-refractivity contribution is 7.08. The van der Waals surface area contributed by atoms with Crippen molar-refractivity contribution in [1.82, 2.24) is 4.90 Å². The van der Waals surface area contributed by atoms with Crippen LogP contribution in [0, 0.1) is 5.41 Å². The van der Waals surface area contributed by atoms with Crippen molar-refractivity contribution < 1.29 is 9.59 Å². The van der Waals surface area contributed by atoms with E-state index >= 15 is 0 Å². The number of para-hydroxylation sites is 2. The number of benzene rings is 1. The Hall–Kier alpha value is -3.13. The van der Waals surface area contributed by atoms with Gasteiger partial charge < -0.3 is 16.0 Å². The lowest BCUT2D eigenvalue weighted by molar-refractivity contribution is -0.113. The largest absolute Gasteiger partial charge is 0.370 e. The van der Waals surface area contributed by atoms with Gasteiger partial charge in [0.05, 0.1) is 22.6 Å². The van der Waals surface area contributed by atoms with Crippen molar-refractivity contribution in [1.29, 1.82) is 5.41 Å². The first-order chi connectivity index (χ1) is 13.0. The Morgan fingerprint density at radius 3 is 2.67 bits per heavy atom. The van der Waals surface area contributed by atoms with Gasteiger partial charge in [0.2, 0.25) is 0 Å². The molecule has 2 aromatic rings. The summed E-state index contributed by atoms with van der Waals surface area (Å²) in [4.78, 5) is 29.1. The average Bonchev–Trinajstić information content (AvgIpc) is 3.09. The van der Waals surface area contributed by atoms with E-state index < -0.39 is 0 Å². The number of anilines is 3. The quantitative estimate of drug-likeness (QED) is 0.401. The minimum Gasteiger partial charge on any atom is -0.370 e. The van der Waals surface area contributed by atoms with Crippen LogP contribution in [0.1, 0.15) is 23.2 Å². The Balaban J connectivity index is 1.68.